The Hall–Kier alpha value is -0.800. The van der Waals surface area contributed by atoms with E-state index in [2.05, 4.69) is 46.6 Å². The van der Waals surface area contributed by atoms with Crippen LogP contribution in [0.1, 0.15) is 25.3 Å². The number of aromatic nitrogens is 1. The SMILES string of the molecule is CCCCSc1c(C#N)cnc2ccc(I)cc12. The fourth-order valence-corrected chi connectivity index (χ4v) is 3.40. The number of halogens is 1. The molecule has 0 amide bonds. The van der Waals surface area contributed by atoms with Gasteiger partial charge in [-0.1, -0.05) is 13.3 Å². The van der Waals surface area contributed by atoms with E-state index in [1.54, 1.807) is 18.0 Å². The molecule has 0 aliphatic carbocycles. The van der Waals surface area contributed by atoms with Gasteiger partial charge in [0.05, 0.1) is 11.1 Å². The number of hydrogen-bond acceptors (Lipinski definition) is 3. The molecule has 0 bridgehead atoms. The van der Waals surface area contributed by atoms with E-state index >= 15 is 0 Å². The third-order valence-corrected chi connectivity index (χ3v) is 4.54. The highest BCUT2D eigenvalue weighted by Gasteiger charge is 2.09. The molecule has 92 valence electrons. The van der Waals surface area contributed by atoms with Crippen LogP contribution in [-0.4, -0.2) is 10.7 Å². The van der Waals surface area contributed by atoms with E-state index in [1.807, 2.05) is 12.1 Å². The highest BCUT2D eigenvalue weighted by molar-refractivity contribution is 14.1. The molecule has 0 saturated heterocycles. The van der Waals surface area contributed by atoms with E-state index in [0.717, 1.165) is 21.6 Å². The number of benzene rings is 1. The van der Waals surface area contributed by atoms with Crippen LogP contribution in [0.3, 0.4) is 0 Å². The molecule has 18 heavy (non-hydrogen) atoms. The first-order chi connectivity index (χ1) is 8.76. The van der Waals surface area contributed by atoms with Crippen molar-refractivity contribution in [2.45, 2.75) is 24.7 Å². The number of hydrogen-bond donors (Lipinski definition) is 0. The standard InChI is InChI=1S/C14H13IN2S/c1-2-3-6-18-14-10(8-16)9-17-13-5-4-11(15)7-12(13)14/h4-5,7,9H,2-3,6H2,1H3. The zero-order chi connectivity index (χ0) is 13.0. The Morgan fingerprint density at radius 3 is 3.00 bits per heavy atom. The Bertz CT molecular complexity index is 605. The van der Waals surface area contributed by atoms with Crippen LogP contribution in [0.4, 0.5) is 0 Å². The number of thioether (sulfide) groups is 1. The molecule has 0 radical (unpaired) electrons. The van der Waals surface area contributed by atoms with Crippen LogP contribution in [0, 0.1) is 14.9 Å². The van der Waals surface area contributed by atoms with Crippen molar-refractivity contribution in [1.82, 2.24) is 4.98 Å². The van der Waals surface area contributed by atoms with Crippen LogP contribution in [-0.2, 0) is 0 Å². The third-order valence-electron chi connectivity index (χ3n) is 2.65. The van der Waals surface area contributed by atoms with E-state index in [4.69, 9.17) is 0 Å². The van der Waals surface area contributed by atoms with Gasteiger partial charge in [-0.25, -0.2) is 0 Å². The van der Waals surface area contributed by atoms with Gasteiger partial charge >= 0.3 is 0 Å². The molecule has 0 aliphatic heterocycles. The highest BCUT2D eigenvalue weighted by Crippen LogP contribution is 2.31. The largest absolute Gasteiger partial charge is 0.255 e. The maximum atomic E-state index is 9.20. The Balaban J connectivity index is 2.50. The van der Waals surface area contributed by atoms with Crippen molar-refractivity contribution in [1.29, 1.82) is 5.26 Å². The van der Waals surface area contributed by atoms with Gasteiger partial charge in [0, 0.05) is 20.0 Å². The smallest absolute Gasteiger partial charge is 0.102 e. The minimum atomic E-state index is 0.686. The van der Waals surface area contributed by atoms with Crippen LogP contribution in [0.5, 0.6) is 0 Å². The summed E-state index contributed by atoms with van der Waals surface area (Å²) in [6.45, 7) is 2.18. The summed E-state index contributed by atoms with van der Waals surface area (Å²) in [6.07, 6.45) is 4.03. The van der Waals surface area contributed by atoms with E-state index in [9.17, 15) is 5.26 Å². The monoisotopic (exact) mass is 368 g/mol. The maximum Gasteiger partial charge on any atom is 0.102 e. The summed E-state index contributed by atoms with van der Waals surface area (Å²) in [6, 6.07) is 8.42. The topological polar surface area (TPSA) is 36.7 Å². The van der Waals surface area contributed by atoms with Gasteiger partial charge in [0.15, 0.2) is 0 Å². The zero-order valence-electron chi connectivity index (χ0n) is 10.1. The summed E-state index contributed by atoms with van der Waals surface area (Å²) < 4.78 is 1.18. The molecule has 0 atom stereocenters. The minimum absolute atomic E-state index is 0.686. The quantitative estimate of drug-likeness (QED) is 0.450. The molecule has 1 heterocycles. The molecule has 2 aromatic rings. The molecule has 0 unspecified atom stereocenters. The molecule has 0 N–H and O–H groups in total. The lowest BCUT2D eigenvalue weighted by Gasteiger charge is -2.08. The maximum absolute atomic E-state index is 9.20. The fourth-order valence-electron chi connectivity index (χ4n) is 1.69. The molecule has 4 heteroatoms. The second-order valence-corrected chi connectivity index (χ2v) is 6.33. The first-order valence-electron chi connectivity index (χ1n) is 5.87. The fraction of sp³-hybridized carbons (Fsp3) is 0.286. The number of pyridine rings is 1. The van der Waals surface area contributed by atoms with Gasteiger partial charge < -0.3 is 0 Å². The lowest BCUT2D eigenvalue weighted by atomic mass is 10.2. The van der Waals surface area contributed by atoms with Gasteiger partial charge in [-0.2, -0.15) is 5.26 Å². The van der Waals surface area contributed by atoms with Crippen LogP contribution in [0.2, 0.25) is 0 Å². The second-order valence-electron chi connectivity index (χ2n) is 3.98. The van der Waals surface area contributed by atoms with E-state index in [1.165, 1.54) is 16.4 Å². The molecule has 1 aromatic heterocycles. The summed E-state index contributed by atoms with van der Waals surface area (Å²) in [4.78, 5) is 5.42. The molecular formula is C14H13IN2S. The van der Waals surface area contributed by atoms with Crippen molar-refractivity contribution in [2.75, 3.05) is 5.75 Å². The average Bonchev–Trinajstić information content (AvgIpc) is 2.39. The van der Waals surface area contributed by atoms with Crippen molar-refractivity contribution in [3.8, 4) is 6.07 Å². The number of nitrogens with zero attached hydrogens (tertiary/aromatic N) is 2. The predicted molar refractivity (Wildman–Crippen MR) is 84.8 cm³/mol. The van der Waals surface area contributed by atoms with E-state index in [-0.39, 0.29) is 0 Å². The highest BCUT2D eigenvalue weighted by atomic mass is 127. The molecule has 0 fully saturated rings. The van der Waals surface area contributed by atoms with Gasteiger partial charge in [-0.15, -0.1) is 11.8 Å². The van der Waals surface area contributed by atoms with Crippen molar-refractivity contribution >= 4 is 45.3 Å². The van der Waals surface area contributed by atoms with Crippen molar-refractivity contribution in [3.63, 3.8) is 0 Å². The number of rotatable bonds is 4. The van der Waals surface area contributed by atoms with Crippen LogP contribution < -0.4 is 0 Å². The Morgan fingerprint density at radius 1 is 1.44 bits per heavy atom. The van der Waals surface area contributed by atoms with Crippen molar-refractivity contribution in [3.05, 3.63) is 33.5 Å². The van der Waals surface area contributed by atoms with Crippen LogP contribution in [0.15, 0.2) is 29.3 Å². The molecular weight excluding hydrogens is 355 g/mol. The number of nitriles is 1. The third kappa shape index (κ3) is 2.96. The van der Waals surface area contributed by atoms with Gasteiger partial charge in [-0.05, 0) is 53.0 Å². The van der Waals surface area contributed by atoms with E-state index < -0.39 is 0 Å². The summed E-state index contributed by atoms with van der Waals surface area (Å²) in [5.74, 6) is 1.05. The first kappa shape index (κ1) is 13.6. The van der Waals surface area contributed by atoms with Gasteiger partial charge in [0.1, 0.15) is 6.07 Å². The van der Waals surface area contributed by atoms with Crippen LogP contribution >= 0.6 is 34.4 Å². The Morgan fingerprint density at radius 2 is 2.28 bits per heavy atom. The number of unbranched alkanes of at least 4 members (excludes halogenated alkanes) is 1. The molecule has 0 aliphatic rings. The summed E-state index contributed by atoms with van der Waals surface area (Å²) in [5, 5.41) is 10.3. The average molecular weight is 368 g/mol. The first-order valence-corrected chi connectivity index (χ1v) is 7.94. The lowest BCUT2D eigenvalue weighted by Crippen LogP contribution is -1.90. The molecule has 1 aromatic carbocycles. The minimum Gasteiger partial charge on any atom is -0.255 e. The lowest BCUT2D eigenvalue weighted by molar-refractivity contribution is 0.896. The summed E-state index contributed by atoms with van der Waals surface area (Å²) in [7, 11) is 0. The molecule has 0 saturated carbocycles. The predicted octanol–water partition coefficient (Wildman–Crippen LogP) is 4.60. The van der Waals surface area contributed by atoms with Crippen molar-refractivity contribution in [2.24, 2.45) is 0 Å². The molecule has 2 rings (SSSR count). The van der Waals surface area contributed by atoms with Crippen molar-refractivity contribution < 1.29 is 0 Å². The van der Waals surface area contributed by atoms with E-state index in [0.29, 0.717) is 5.56 Å². The number of fused-ring (bicyclic) bond motifs is 1. The Kier molecular flexibility index (Phi) is 4.84. The Labute approximate surface area is 125 Å². The van der Waals surface area contributed by atoms with Crippen LogP contribution in [0.25, 0.3) is 10.9 Å². The molecule has 0 spiro atoms. The van der Waals surface area contributed by atoms with Gasteiger partial charge in [-0.3, -0.25) is 4.98 Å². The zero-order valence-corrected chi connectivity index (χ0v) is 13.1. The second kappa shape index (κ2) is 6.39. The van der Waals surface area contributed by atoms with Gasteiger partial charge in [0.2, 0.25) is 0 Å². The summed E-state index contributed by atoms with van der Waals surface area (Å²) in [5.41, 5.74) is 1.65. The molecule has 2 nitrogen and oxygen atoms in total. The summed E-state index contributed by atoms with van der Waals surface area (Å²) >= 11 is 4.06. The van der Waals surface area contributed by atoms with Gasteiger partial charge in [0.25, 0.3) is 0 Å². The normalized spacial score (nSPS) is 10.5.